The number of rotatable bonds is 2. The minimum Gasteiger partial charge on any atom is -0.317 e. The Morgan fingerprint density at radius 2 is 2.00 bits per heavy atom. The Hall–Kier alpha value is -1.75. The molecule has 5 nitrogen and oxygen atoms in total. The maximum absolute atomic E-state index is 4.31. The van der Waals surface area contributed by atoms with Crippen LogP contribution in [0.25, 0.3) is 11.4 Å². The smallest absolute Gasteiger partial charge is 0.112 e. The van der Waals surface area contributed by atoms with E-state index in [1.54, 1.807) is 18.6 Å². The number of aromatic amines is 1. The van der Waals surface area contributed by atoms with E-state index in [0.717, 1.165) is 24.5 Å². The first kappa shape index (κ1) is 10.4. The molecule has 0 aliphatic carbocycles. The molecule has 0 bridgehead atoms. The van der Waals surface area contributed by atoms with Crippen LogP contribution >= 0.6 is 0 Å². The molecule has 0 aromatic carbocycles. The van der Waals surface area contributed by atoms with Gasteiger partial charge in [-0.1, -0.05) is 0 Å². The standard InChI is InChI=1S/C12H15N5/c1-3-13-4-2-9(1)10-7-11(17-16-10)12-8-14-5-6-15-12/h5-9,13H,1-4H2,(H,16,17). The molecule has 3 heterocycles. The fourth-order valence-electron chi connectivity index (χ4n) is 2.24. The molecule has 1 aliphatic rings. The van der Waals surface area contributed by atoms with Crippen molar-refractivity contribution in [2.75, 3.05) is 13.1 Å². The summed E-state index contributed by atoms with van der Waals surface area (Å²) in [4.78, 5) is 8.31. The Morgan fingerprint density at radius 3 is 2.76 bits per heavy atom. The molecular weight excluding hydrogens is 214 g/mol. The molecule has 0 spiro atoms. The van der Waals surface area contributed by atoms with Gasteiger partial charge in [0.1, 0.15) is 11.4 Å². The van der Waals surface area contributed by atoms with Crippen LogP contribution in [0.1, 0.15) is 24.5 Å². The van der Waals surface area contributed by atoms with E-state index in [0.29, 0.717) is 5.92 Å². The first-order chi connectivity index (χ1) is 8.43. The zero-order valence-corrected chi connectivity index (χ0v) is 9.56. The zero-order valence-electron chi connectivity index (χ0n) is 9.56. The SMILES string of the molecule is c1cnc(-c2cc(C3CCNCC3)[nH]n2)cn1. The van der Waals surface area contributed by atoms with E-state index in [4.69, 9.17) is 0 Å². The molecule has 1 saturated heterocycles. The van der Waals surface area contributed by atoms with Crippen molar-refractivity contribution in [1.29, 1.82) is 0 Å². The molecule has 5 heteroatoms. The Labute approximate surface area is 99.7 Å². The summed E-state index contributed by atoms with van der Waals surface area (Å²) in [5.74, 6) is 0.592. The molecule has 0 amide bonds. The van der Waals surface area contributed by atoms with Gasteiger partial charge in [0.2, 0.25) is 0 Å². The van der Waals surface area contributed by atoms with E-state index in [1.165, 1.54) is 18.5 Å². The largest absolute Gasteiger partial charge is 0.317 e. The van der Waals surface area contributed by atoms with E-state index < -0.39 is 0 Å². The lowest BCUT2D eigenvalue weighted by Gasteiger charge is -2.20. The predicted octanol–water partition coefficient (Wildman–Crippen LogP) is 1.33. The van der Waals surface area contributed by atoms with E-state index in [1.807, 2.05) is 0 Å². The quantitative estimate of drug-likeness (QED) is 0.815. The molecule has 2 aromatic rings. The van der Waals surface area contributed by atoms with Crippen LogP contribution in [-0.2, 0) is 0 Å². The van der Waals surface area contributed by atoms with Crippen LogP contribution in [0.2, 0.25) is 0 Å². The number of H-pyrrole nitrogens is 1. The fraction of sp³-hybridized carbons (Fsp3) is 0.417. The monoisotopic (exact) mass is 229 g/mol. The van der Waals surface area contributed by atoms with Crippen LogP contribution in [-0.4, -0.2) is 33.3 Å². The minimum atomic E-state index is 0.592. The normalized spacial score (nSPS) is 17.2. The lowest BCUT2D eigenvalue weighted by atomic mass is 9.94. The highest BCUT2D eigenvalue weighted by Crippen LogP contribution is 2.25. The lowest BCUT2D eigenvalue weighted by molar-refractivity contribution is 0.453. The number of aromatic nitrogens is 4. The highest BCUT2D eigenvalue weighted by Gasteiger charge is 2.17. The molecule has 2 aromatic heterocycles. The van der Waals surface area contributed by atoms with Gasteiger partial charge in [-0.25, -0.2) is 0 Å². The van der Waals surface area contributed by atoms with Gasteiger partial charge < -0.3 is 5.32 Å². The first-order valence-electron chi connectivity index (χ1n) is 5.96. The third-order valence-electron chi connectivity index (χ3n) is 3.20. The van der Waals surface area contributed by atoms with Crippen LogP contribution in [0.3, 0.4) is 0 Å². The number of nitrogens with zero attached hydrogens (tertiary/aromatic N) is 3. The molecule has 0 atom stereocenters. The zero-order chi connectivity index (χ0) is 11.5. The van der Waals surface area contributed by atoms with Crippen molar-refractivity contribution in [2.45, 2.75) is 18.8 Å². The molecule has 0 radical (unpaired) electrons. The van der Waals surface area contributed by atoms with Crippen molar-refractivity contribution in [3.05, 3.63) is 30.4 Å². The summed E-state index contributed by atoms with van der Waals surface area (Å²) in [7, 11) is 0. The Balaban J connectivity index is 1.83. The van der Waals surface area contributed by atoms with Crippen LogP contribution in [0.15, 0.2) is 24.7 Å². The van der Waals surface area contributed by atoms with Crippen molar-refractivity contribution in [3.8, 4) is 11.4 Å². The number of piperidine rings is 1. The predicted molar refractivity (Wildman–Crippen MR) is 64.5 cm³/mol. The number of hydrogen-bond acceptors (Lipinski definition) is 4. The average molecular weight is 229 g/mol. The second-order valence-corrected chi connectivity index (χ2v) is 4.32. The third-order valence-corrected chi connectivity index (χ3v) is 3.20. The Bertz CT molecular complexity index is 473. The van der Waals surface area contributed by atoms with Crippen molar-refractivity contribution in [2.24, 2.45) is 0 Å². The van der Waals surface area contributed by atoms with Crippen LogP contribution < -0.4 is 5.32 Å². The number of hydrogen-bond donors (Lipinski definition) is 2. The molecule has 17 heavy (non-hydrogen) atoms. The van der Waals surface area contributed by atoms with E-state index in [9.17, 15) is 0 Å². The maximum Gasteiger partial charge on any atom is 0.112 e. The van der Waals surface area contributed by atoms with Gasteiger partial charge in [-0.15, -0.1) is 0 Å². The van der Waals surface area contributed by atoms with E-state index in [-0.39, 0.29) is 0 Å². The van der Waals surface area contributed by atoms with Crippen LogP contribution in [0.4, 0.5) is 0 Å². The van der Waals surface area contributed by atoms with Gasteiger partial charge >= 0.3 is 0 Å². The molecule has 1 aliphatic heterocycles. The molecule has 1 fully saturated rings. The second-order valence-electron chi connectivity index (χ2n) is 4.32. The molecule has 2 N–H and O–H groups in total. The van der Waals surface area contributed by atoms with Crippen molar-refractivity contribution < 1.29 is 0 Å². The maximum atomic E-state index is 4.31. The van der Waals surface area contributed by atoms with E-state index in [2.05, 4.69) is 31.5 Å². The van der Waals surface area contributed by atoms with Gasteiger partial charge in [0.05, 0.1) is 6.20 Å². The summed E-state index contributed by atoms with van der Waals surface area (Å²) in [6.45, 7) is 2.17. The summed E-state index contributed by atoms with van der Waals surface area (Å²) in [6, 6.07) is 2.10. The van der Waals surface area contributed by atoms with E-state index >= 15 is 0 Å². The molecule has 3 rings (SSSR count). The van der Waals surface area contributed by atoms with Gasteiger partial charge in [0.15, 0.2) is 0 Å². The highest BCUT2D eigenvalue weighted by atomic mass is 15.1. The highest BCUT2D eigenvalue weighted by molar-refractivity contribution is 5.52. The Morgan fingerprint density at radius 1 is 1.12 bits per heavy atom. The number of nitrogens with one attached hydrogen (secondary N) is 2. The van der Waals surface area contributed by atoms with Gasteiger partial charge in [0, 0.05) is 24.0 Å². The molecule has 0 unspecified atom stereocenters. The van der Waals surface area contributed by atoms with Gasteiger partial charge in [0.25, 0.3) is 0 Å². The third kappa shape index (κ3) is 2.19. The minimum absolute atomic E-state index is 0.592. The van der Waals surface area contributed by atoms with Crippen molar-refractivity contribution >= 4 is 0 Å². The summed E-state index contributed by atoms with van der Waals surface area (Å²) >= 11 is 0. The van der Waals surface area contributed by atoms with Crippen LogP contribution in [0, 0.1) is 0 Å². The second kappa shape index (κ2) is 4.63. The van der Waals surface area contributed by atoms with Crippen molar-refractivity contribution in [1.82, 2.24) is 25.5 Å². The molecular formula is C12H15N5. The van der Waals surface area contributed by atoms with Crippen LogP contribution in [0.5, 0.6) is 0 Å². The summed E-state index contributed by atoms with van der Waals surface area (Å²) < 4.78 is 0. The summed E-state index contributed by atoms with van der Waals surface area (Å²) in [6.07, 6.45) is 7.44. The Kier molecular flexibility index (Phi) is 2.83. The molecule has 0 saturated carbocycles. The lowest BCUT2D eigenvalue weighted by Crippen LogP contribution is -2.26. The average Bonchev–Trinajstić information content (AvgIpc) is 2.90. The fourth-order valence-corrected chi connectivity index (χ4v) is 2.24. The molecule has 88 valence electrons. The first-order valence-corrected chi connectivity index (χ1v) is 5.96. The topological polar surface area (TPSA) is 66.5 Å². The van der Waals surface area contributed by atoms with Gasteiger partial charge in [-0.2, -0.15) is 5.10 Å². The summed E-state index contributed by atoms with van der Waals surface area (Å²) in [5.41, 5.74) is 2.92. The van der Waals surface area contributed by atoms with Crippen molar-refractivity contribution in [3.63, 3.8) is 0 Å². The van der Waals surface area contributed by atoms with Gasteiger partial charge in [-0.3, -0.25) is 15.1 Å². The van der Waals surface area contributed by atoms with Gasteiger partial charge in [-0.05, 0) is 32.0 Å². The summed E-state index contributed by atoms with van der Waals surface area (Å²) in [5, 5.41) is 10.8.